The highest BCUT2D eigenvalue weighted by molar-refractivity contribution is 7.92. The van der Waals surface area contributed by atoms with Crippen LogP contribution in [-0.4, -0.2) is 51.0 Å². The van der Waals surface area contributed by atoms with Crippen LogP contribution in [0.1, 0.15) is 30.0 Å². The molecule has 0 fully saturated rings. The zero-order valence-corrected chi connectivity index (χ0v) is 21.7. The Kier molecular flexibility index (Phi) is 9.17. The fraction of sp³-hybridized carbons (Fsp3) is 0.391. The van der Waals surface area contributed by atoms with Gasteiger partial charge in [0, 0.05) is 29.2 Å². The number of carbonyl (C=O) groups is 2. The minimum Gasteiger partial charge on any atom is -0.357 e. The van der Waals surface area contributed by atoms with Crippen LogP contribution in [0, 0.1) is 13.8 Å². The quantitative estimate of drug-likeness (QED) is 0.550. The Bertz CT molecular complexity index is 1100. The Morgan fingerprint density at radius 3 is 2.06 bits per heavy atom. The van der Waals surface area contributed by atoms with E-state index in [4.69, 9.17) is 23.2 Å². The number of hydrogen-bond acceptors (Lipinski definition) is 4. The Balaban J connectivity index is 2.52. The van der Waals surface area contributed by atoms with Crippen LogP contribution in [0.2, 0.25) is 10.0 Å². The average molecular weight is 514 g/mol. The molecule has 1 atom stereocenters. The van der Waals surface area contributed by atoms with Crippen molar-refractivity contribution in [1.82, 2.24) is 10.2 Å². The number of rotatable bonds is 9. The highest BCUT2D eigenvalue weighted by Gasteiger charge is 2.32. The summed E-state index contributed by atoms with van der Waals surface area (Å²) in [5.41, 5.74) is 2.59. The van der Waals surface area contributed by atoms with E-state index in [1.54, 1.807) is 37.3 Å². The van der Waals surface area contributed by atoms with Crippen LogP contribution in [0.5, 0.6) is 0 Å². The standard InChI is InChI=1S/C23H29Cl2N3O4S/c1-6-21(23(30)26-4)27(13-18-19(24)8-7-9-20(18)25)22(29)14-28(33(5,31)32)17-11-15(2)10-16(3)12-17/h7-12,21H,6,13-14H2,1-5H3,(H,26,30)/t21-/m1/s1. The normalized spacial score (nSPS) is 12.2. The van der Waals surface area contributed by atoms with E-state index in [9.17, 15) is 18.0 Å². The van der Waals surface area contributed by atoms with Gasteiger partial charge < -0.3 is 10.2 Å². The number of likely N-dealkylation sites (N-methyl/N-ethyl adjacent to an activating group) is 1. The van der Waals surface area contributed by atoms with Crippen molar-refractivity contribution in [3.63, 3.8) is 0 Å². The molecule has 0 aromatic heterocycles. The Morgan fingerprint density at radius 2 is 1.61 bits per heavy atom. The van der Waals surface area contributed by atoms with E-state index in [2.05, 4.69) is 5.32 Å². The third-order valence-electron chi connectivity index (χ3n) is 5.20. The summed E-state index contributed by atoms with van der Waals surface area (Å²) in [6, 6.07) is 9.45. The van der Waals surface area contributed by atoms with Gasteiger partial charge in [0.1, 0.15) is 12.6 Å². The van der Waals surface area contributed by atoms with Gasteiger partial charge in [-0.25, -0.2) is 8.42 Å². The summed E-state index contributed by atoms with van der Waals surface area (Å²) in [5.74, 6) is -0.919. The van der Waals surface area contributed by atoms with E-state index in [0.717, 1.165) is 21.7 Å². The van der Waals surface area contributed by atoms with Crippen molar-refractivity contribution in [3.05, 3.63) is 63.1 Å². The van der Waals surface area contributed by atoms with E-state index in [-0.39, 0.29) is 12.5 Å². The second kappa shape index (κ2) is 11.2. The molecular weight excluding hydrogens is 485 g/mol. The van der Waals surface area contributed by atoms with Crippen molar-refractivity contribution in [2.75, 3.05) is 24.2 Å². The summed E-state index contributed by atoms with van der Waals surface area (Å²) in [6.45, 7) is 4.95. The molecule has 2 aromatic carbocycles. The van der Waals surface area contributed by atoms with Crippen LogP contribution in [0.25, 0.3) is 0 Å². The summed E-state index contributed by atoms with van der Waals surface area (Å²) < 4.78 is 26.3. The van der Waals surface area contributed by atoms with Gasteiger partial charge in [-0.15, -0.1) is 0 Å². The molecule has 0 saturated carbocycles. The maximum absolute atomic E-state index is 13.5. The van der Waals surface area contributed by atoms with Gasteiger partial charge in [0.05, 0.1) is 11.9 Å². The molecular formula is C23H29Cl2N3O4S. The molecule has 0 aliphatic rings. The lowest BCUT2D eigenvalue weighted by Crippen LogP contribution is -2.51. The highest BCUT2D eigenvalue weighted by atomic mass is 35.5. The molecule has 0 radical (unpaired) electrons. The van der Waals surface area contributed by atoms with Crippen molar-refractivity contribution < 1.29 is 18.0 Å². The van der Waals surface area contributed by atoms with Crippen molar-refractivity contribution in [2.24, 2.45) is 0 Å². The topological polar surface area (TPSA) is 86.8 Å². The van der Waals surface area contributed by atoms with Gasteiger partial charge in [-0.3, -0.25) is 13.9 Å². The molecule has 0 heterocycles. The van der Waals surface area contributed by atoms with Gasteiger partial charge >= 0.3 is 0 Å². The summed E-state index contributed by atoms with van der Waals surface area (Å²) in [7, 11) is -2.31. The van der Waals surface area contributed by atoms with Gasteiger partial charge in [-0.1, -0.05) is 42.3 Å². The zero-order chi connectivity index (χ0) is 24.9. The van der Waals surface area contributed by atoms with Crippen molar-refractivity contribution in [2.45, 2.75) is 39.8 Å². The smallest absolute Gasteiger partial charge is 0.244 e. The fourth-order valence-electron chi connectivity index (χ4n) is 3.65. The number of amides is 2. The van der Waals surface area contributed by atoms with Gasteiger partial charge in [0.15, 0.2) is 0 Å². The molecule has 0 bridgehead atoms. The molecule has 2 rings (SSSR count). The fourth-order valence-corrected chi connectivity index (χ4v) is 5.00. The lowest BCUT2D eigenvalue weighted by Gasteiger charge is -2.33. The van der Waals surface area contributed by atoms with Crippen LogP contribution in [-0.2, 0) is 26.2 Å². The van der Waals surface area contributed by atoms with E-state index in [1.807, 2.05) is 19.9 Å². The molecule has 7 nitrogen and oxygen atoms in total. The molecule has 180 valence electrons. The second-order valence-corrected chi connectivity index (χ2v) is 10.6. The lowest BCUT2D eigenvalue weighted by molar-refractivity contribution is -0.140. The first kappa shape index (κ1) is 27.0. The van der Waals surface area contributed by atoms with Gasteiger partial charge in [0.25, 0.3) is 0 Å². The van der Waals surface area contributed by atoms with Gasteiger partial charge in [-0.2, -0.15) is 0 Å². The molecule has 0 spiro atoms. The maximum atomic E-state index is 13.5. The Hall–Kier alpha value is -2.29. The second-order valence-electron chi connectivity index (χ2n) is 7.88. The summed E-state index contributed by atoms with van der Waals surface area (Å²) in [4.78, 5) is 27.5. The van der Waals surface area contributed by atoms with E-state index >= 15 is 0 Å². The van der Waals surface area contributed by atoms with Crippen molar-refractivity contribution in [3.8, 4) is 0 Å². The number of benzene rings is 2. The third-order valence-corrected chi connectivity index (χ3v) is 7.04. The number of hydrogen-bond donors (Lipinski definition) is 1. The molecule has 33 heavy (non-hydrogen) atoms. The highest BCUT2D eigenvalue weighted by Crippen LogP contribution is 2.28. The number of sulfonamides is 1. The maximum Gasteiger partial charge on any atom is 0.244 e. The minimum absolute atomic E-state index is 0.0479. The molecule has 1 N–H and O–H groups in total. The van der Waals surface area contributed by atoms with Crippen LogP contribution in [0.4, 0.5) is 5.69 Å². The molecule has 0 saturated heterocycles. The Morgan fingerprint density at radius 1 is 1.06 bits per heavy atom. The Labute approximate surface area is 205 Å². The summed E-state index contributed by atoms with van der Waals surface area (Å²) in [6.07, 6.45) is 1.36. The van der Waals surface area contributed by atoms with Crippen LogP contribution >= 0.6 is 23.2 Å². The predicted molar refractivity (Wildman–Crippen MR) is 133 cm³/mol. The molecule has 10 heteroatoms. The molecule has 0 aliphatic heterocycles. The zero-order valence-electron chi connectivity index (χ0n) is 19.4. The van der Waals surface area contributed by atoms with Crippen molar-refractivity contribution in [1.29, 1.82) is 0 Å². The number of anilines is 1. The molecule has 2 aromatic rings. The van der Waals surface area contributed by atoms with Crippen LogP contribution < -0.4 is 9.62 Å². The summed E-state index contributed by atoms with van der Waals surface area (Å²) >= 11 is 12.6. The first-order valence-electron chi connectivity index (χ1n) is 10.4. The number of aryl methyl sites for hydroxylation is 2. The van der Waals surface area contributed by atoms with Gasteiger partial charge in [-0.05, 0) is 55.7 Å². The van der Waals surface area contributed by atoms with Crippen LogP contribution in [0.15, 0.2) is 36.4 Å². The minimum atomic E-state index is -3.79. The van der Waals surface area contributed by atoms with E-state index < -0.39 is 28.5 Å². The first-order valence-corrected chi connectivity index (χ1v) is 13.0. The van der Waals surface area contributed by atoms with Crippen molar-refractivity contribution >= 4 is 50.7 Å². The van der Waals surface area contributed by atoms with E-state index in [1.165, 1.54) is 11.9 Å². The molecule has 0 aliphatic carbocycles. The SMILES string of the molecule is CC[C@H](C(=O)NC)N(Cc1c(Cl)cccc1Cl)C(=O)CN(c1cc(C)cc(C)c1)S(C)(=O)=O. The number of nitrogens with one attached hydrogen (secondary N) is 1. The molecule has 0 unspecified atom stereocenters. The van der Waals surface area contributed by atoms with E-state index in [0.29, 0.717) is 27.7 Å². The lowest BCUT2D eigenvalue weighted by atomic mass is 10.1. The largest absolute Gasteiger partial charge is 0.357 e. The summed E-state index contributed by atoms with van der Waals surface area (Å²) in [5, 5.41) is 3.26. The predicted octanol–water partition coefficient (Wildman–Crippen LogP) is 3.93. The number of nitrogens with zero attached hydrogens (tertiary/aromatic N) is 2. The number of halogens is 2. The monoisotopic (exact) mass is 513 g/mol. The van der Waals surface area contributed by atoms with Gasteiger partial charge in [0.2, 0.25) is 21.8 Å². The number of carbonyl (C=O) groups excluding carboxylic acids is 2. The third kappa shape index (κ3) is 6.85. The average Bonchev–Trinajstić information content (AvgIpc) is 2.71. The van der Waals surface area contributed by atoms with Crippen LogP contribution in [0.3, 0.4) is 0 Å². The first-order chi connectivity index (χ1) is 15.4. The molecule has 2 amide bonds.